The molecule has 5 N–H and O–H groups in total. The van der Waals surface area contributed by atoms with Gasteiger partial charge in [0.15, 0.2) is 5.82 Å². The summed E-state index contributed by atoms with van der Waals surface area (Å²) in [5, 5.41) is 38.5. The Hall–Kier alpha value is -3.57. The highest BCUT2D eigenvalue weighted by atomic mass is 31.2. The summed E-state index contributed by atoms with van der Waals surface area (Å²) in [6, 6.07) is 12.0. The number of carbonyl (C=O) groups is 1. The van der Waals surface area contributed by atoms with Crippen molar-refractivity contribution in [3.05, 3.63) is 54.5 Å². The molecular weight excluding hydrogens is 543 g/mol. The minimum atomic E-state index is -4.29. The lowest BCUT2D eigenvalue weighted by Crippen LogP contribution is -2.41. The minimum Gasteiger partial charge on any atom is -0.464 e. The minimum absolute atomic E-state index is 0.0991. The molecule has 15 heteroatoms. The van der Waals surface area contributed by atoms with Crippen LogP contribution in [-0.4, -0.2) is 68.3 Å². The Balaban J connectivity index is 1.35. The summed E-state index contributed by atoms with van der Waals surface area (Å²) >= 11 is 0. The number of nitrogens with zero attached hydrogens (tertiary/aromatic N) is 4. The van der Waals surface area contributed by atoms with Gasteiger partial charge in [0.2, 0.25) is 5.60 Å². The number of benzene rings is 1. The summed E-state index contributed by atoms with van der Waals surface area (Å²) in [5.74, 6) is 0.0308. The molecule has 1 saturated heterocycles. The molecule has 6 atom stereocenters. The molecule has 40 heavy (non-hydrogen) atoms. The fourth-order valence-corrected chi connectivity index (χ4v) is 5.83. The number of nitriles is 1. The third-order valence-corrected chi connectivity index (χ3v) is 8.37. The van der Waals surface area contributed by atoms with E-state index in [0.717, 1.165) is 12.8 Å². The second-order valence-electron chi connectivity index (χ2n) is 9.72. The normalized spacial score (nSPS) is 26.6. The number of esters is 1. The van der Waals surface area contributed by atoms with Crippen molar-refractivity contribution in [2.45, 2.75) is 49.7 Å². The molecule has 2 aromatic heterocycles. The molecule has 3 aromatic rings. The third kappa shape index (κ3) is 5.53. The predicted molar refractivity (Wildman–Crippen MR) is 138 cm³/mol. The Morgan fingerprint density at radius 3 is 2.75 bits per heavy atom. The fourth-order valence-electron chi connectivity index (χ4n) is 4.33. The number of aliphatic hydroxyl groups excluding tert-OH is 2. The van der Waals surface area contributed by atoms with Gasteiger partial charge in [0, 0.05) is 0 Å². The number of hydrogen-bond acceptors (Lipinski definition) is 12. The van der Waals surface area contributed by atoms with Crippen LogP contribution in [0.2, 0.25) is 0 Å². The Morgan fingerprint density at radius 2 is 2.05 bits per heavy atom. The van der Waals surface area contributed by atoms with Gasteiger partial charge in [-0.3, -0.25) is 9.32 Å². The van der Waals surface area contributed by atoms with Gasteiger partial charge in [-0.15, -0.1) is 0 Å². The number of anilines is 1. The third-order valence-electron chi connectivity index (χ3n) is 6.73. The molecule has 0 spiro atoms. The second-order valence-corrected chi connectivity index (χ2v) is 11.4. The average Bonchev–Trinajstić information content (AvgIpc) is 3.62. The van der Waals surface area contributed by atoms with Gasteiger partial charge >= 0.3 is 13.7 Å². The number of nitrogen functional groups attached to an aromatic ring is 1. The first-order chi connectivity index (χ1) is 19.2. The van der Waals surface area contributed by atoms with Crippen LogP contribution >= 0.6 is 7.75 Å². The summed E-state index contributed by atoms with van der Waals surface area (Å²) in [5.41, 5.74) is 4.28. The van der Waals surface area contributed by atoms with Gasteiger partial charge in [-0.1, -0.05) is 18.2 Å². The predicted octanol–water partition coefficient (Wildman–Crippen LogP) is 1.29. The van der Waals surface area contributed by atoms with E-state index < -0.39 is 50.3 Å². The summed E-state index contributed by atoms with van der Waals surface area (Å²) in [6.07, 6.45) is -1.53. The van der Waals surface area contributed by atoms with Crippen molar-refractivity contribution in [3.8, 4) is 11.8 Å². The fraction of sp³-hybridized carbons (Fsp3) is 0.440. The number of hydrogen-bond donors (Lipinski definition) is 4. The van der Waals surface area contributed by atoms with Gasteiger partial charge in [0.1, 0.15) is 48.0 Å². The smallest absolute Gasteiger partial charge is 0.459 e. The molecule has 0 radical (unpaired) electrons. The van der Waals surface area contributed by atoms with E-state index in [9.17, 15) is 24.8 Å². The number of nitrogens with two attached hydrogens (primary N) is 1. The first kappa shape index (κ1) is 28.0. The lowest BCUT2D eigenvalue weighted by Gasteiger charge is -2.25. The van der Waals surface area contributed by atoms with Crippen LogP contribution < -0.4 is 15.3 Å². The van der Waals surface area contributed by atoms with Crippen molar-refractivity contribution in [1.82, 2.24) is 19.7 Å². The van der Waals surface area contributed by atoms with Gasteiger partial charge < -0.3 is 29.9 Å². The molecule has 2 fully saturated rings. The largest absolute Gasteiger partial charge is 0.464 e. The zero-order valence-corrected chi connectivity index (χ0v) is 22.4. The van der Waals surface area contributed by atoms with Crippen molar-refractivity contribution in [2.24, 2.45) is 5.92 Å². The highest BCUT2D eigenvalue weighted by molar-refractivity contribution is 7.52. The van der Waals surface area contributed by atoms with Crippen LogP contribution in [0.1, 0.15) is 25.5 Å². The van der Waals surface area contributed by atoms with Gasteiger partial charge in [0.25, 0.3) is 0 Å². The molecular formula is C25H29N6O8P. The maximum Gasteiger partial charge on any atom is 0.459 e. The maximum absolute atomic E-state index is 13.8. The standard InChI is InChI=1S/C25H29N6O8P/c1-15(24(34)36-11-16-7-8-16)30-40(35,39-17-5-3-2-4-6-17)37-12-19-21(32)22(33)25(13-26,38-19)20-10-9-18-23(27)28-14-29-31(18)20/h2-6,9-10,14-16,19,21-22,32-33H,7-8,11-12H2,1H3,(H,30,35)(H2,27,28,29)/t15-,19+,21+,22+,25-,40?/m0/s1. The molecule has 3 heterocycles. The molecule has 14 nitrogen and oxygen atoms in total. The van der Waals surface area contributed by atoms with Gasteiger partial charge in [-0.05, 0) is 49.9 Å². The first-order valence-corrected chi connectivity index (χ1v) is 14.2. The van der Waals surface area contributed by atoms with Crippen molar-refractivity contribution in [2.75, 3.05) is 18.9 Å². The molecule has 1 aliphatic heterocycles. The summed E-state index contributed by atoms with van der Waals surface area (Å²) in [6.45, 7) is 1.15. The van der Waals surface area contributed by atoms with Crippen LogP contribution in [0.25, 0.3) is 5.52 Å². The molecule has 5 rings (SSSR count). The number of aromatic nitrogens is 3. The topological polar surface area (TPSA) is 204 Å². The van der Waals surface area contributed by atoms with Crippen molar-refractivity contribution in [3.63, 3.8) is 0 Å². The molecule has 212 valence electrons. The van der Waals surface area contributed by atoms with E-state index >= 15 is 0 Å². The summed E-state index contributed by atoms with van der Waals surface area (Å²) in [7, 11) is -4.29. The maximum atomic E-state index is 13.8. The second kappa shape index (κ2) is 11.1. The van der Waals surface area contributed by atoms with E-state index in [4.69, 9.17) is 24.3 Å². The van der Waals surface area contributed by atoms with Crippen molar-refractivity contribution < 1.29 is 38.1 Å². The van der Waals surface area contributed by atoms with E-state index in [0.29, 0.717) is 11.4 Å². The zero-order valence-electron chi connectivity index (χ0n) is 21.5. The lowest BCUT2D eigenvalue weighted by molar-refractivity contribution is -0.145. The summed E-state index contributed by atoms with van der Waals surface area (Å²) in [4.78, 5) is 16.4. The number of fused-ring (bicyclic) bond motifs is 1. The molecule has 2 aliphatic rings. The van der Waals surface area contributed by atoms with Crippen molar-refractivity contribution >= 4 is 25.1 Å². The van der Waals surface area contributed by atoms with E-state index in [2.05, 4.69) is 15.2 Å². The van der Waals surface area contributed by atoms with Crippen LogP contribution in [-0.2, 0) is 29.0 Å². The molecule has 1 aliphatic carbocycles. The van der Waals surface area contributed by atoms with Crippen molar-refractivity contribution in [1.29, 1.82) is 5.26 Å². The van der Waals surface area contributed by atoms with E-state index in [-0.39, 0.29) is 23.9 Å². The molecule has 1 unspecified atom stereocenters. The Labute approximate surface area is 229 Å². The number of nitrogens with one attached hydrogen (secondary N) is 1. The van der Waals surface area contributed by atoms with Crippen LogP contribution in [0.4, 0.5) is 5.82 Å². The van der Waals surface area contributed by atoms with Crippen LogP contribution in [0.5, 0.6) is 5.75 Å². The summed E-state index contributed by atoms with van der Waals surface area (Å²) < 4.78 is 37.5. The molecule has 0 bridgehead atoms. The Morgan fingerprint density at radius 1 is 1.30 bits per heavy atom. The van der Waals surface area contributed by atoms with Crippen LogP contribution in [0.15, 0.2) is 48.8 Å². The van der Waals surface area contributed by atoms with Gasteiger partial charge in [-0.2, -0.15) is 15.4 Å². The number of carbonyl (C=O) groups excluding carboxylic acids is 1. The Bertz CT molecular complexity index is 1460. The van der Waals surface area contributed by atoms with Gasteiger partial charge in [0.05, 0.1) is 18.9 Å². The lowest BCUT2D eigenvalue weighted by atomic mass is 9.92. The Kier molecular flexibility index (Phi) is 7.78. The number of aliphatic hydroxyl groups is 2. The van der Waals surface area contributed by atoms with Crippen LogP contribution in [0, 0.1) is 17.2 Å². The van der Waals surface area contributed by atoms with E-state index in [1.807, 2.05) is 6.07 Å². The highest BCUT2D eigenvalue weighted by Crippen LogP contribution is 2.47. The number of para-hydroxylation sites is 1. The monoisotopic (exact) mass is 572 g/mol. The SMILES string of the molecule is C[C@H](NP(=O)(OC[C@H]1O[C@@](C#N)(c2ccc3c(N)ncnn23)[C@H](O)[C@@H]1O)Oc1ccccc1)C(=O)OCC1CC1. The zero-order chi connectivity index (χ0) is 28.5. The molecule has 1 aromatic carbocycles. The van der Waals surface area contributed by atoms with Crippen LogP contribution in [0.3, 0.4) is 0 Å². The molecule has 1 saturated carbocycles. The quantitative estimate of drug-likeness (QED) is 0.189. The van der Waals surface area contributed by atoms with E-state index in [1.54, 1.807) is 36.4 Å². The van der Waals surface area contributed by atoms with Gasteiger partial charge in [-0.25, -0.2) is 14.1 Å². The van der Waals surface area contributed by atoms with E-state index in [1.165, 1.54) is 23.8 Å². The number of rotatable bonds is 11. The first-order valence-electron chi connectivity index (χ1n) is 12.6. The number of ether oxygens (including phenoxy) is 2. The highest BCUT2D eigenvalue weighted by Gasteiger charge is 2.58. The molecule has 0 amide bonds. The average molecular weight is 573 g/mol.